The van der Waals surface area contributed by atoms with Crippen LogP contribution in [0.1, 0.15) is 24.9 Å². The molecule has 1 aromatic heterocycles. The second-order valence-corrected chi connectivity index (χ2v) is 6.36. The number of amides is 2. The molecule has 0 bridgehead atoms. The van der Waals surface area contributed by atoms with Crippen molar-refractivity contribution in [3.05, 3.63) is 55.8 Å². The third-order valence-electron chi connectivity index (χ3n) is 3.18. The number of hydrogen-bond donors (Lipinski definition) is 2. The molecule has 1 aromatic carbocycles. The van der Waals surface area contributed by atoms with Crippen LogP contribution in [0.3, 0.4) is 0 Å². The molecule has 0 unspecified atom stereocenters. The summed E-state index contributed by atoms with van der Waals surface area (Å²) in [6.07, 6.45) is -4.57. The summed E-state index contributed by atoms with van der Waals surface area (Å²) >= 11 is 0.895. The fourth-order valence-corrected chi connectivity index (χ4v) is 2.90. The number of nitrogens with zero attached hydrogens (tertiary/aromatic N) is 1. The summed E-state index contributed by atoms with van der Waals surface area (Å²) in [5.41, 5.74) is -0.380. The zero-order chi connectivity index (χ0) is 19.5. The van der Waals surface area contributed by atoms with Gasteiger partial charge in [0.05, 0.1) is 25.9 Å². The Balaban J connectivity index is 2.19. The molecule has 138 valence electrons. The van der Waals surface area contributed by atoms with E-state index in [1.54, 1.807) is 5.32 Å². The second kappa shape index (κ2) is 7.52. The Morgan fingerprint density at radius 3 is 2.46 bits per heavy atom. The van der Waals surface area contributed by atoms with Crippen LogP contribution in [0.4, 0.5) is 24.5 Å². The van der Waals surface area contributed by atoms with E-state index in [9.17, 15) is 32.9 Å². The molecular formula is C15H12F3N3O4S. The van der Waals surface area contributed by atoms with E-state index >= 15 is 0 Å². The van der Waals surface area contributed by atoms with Gasteiger partial charge in [0.1, 0.15) is 6.54 Å². The number of hydrogen-bond acceptors (Lipinski definition) is 5. The third-order valence-corrected chi connectivity index (χ3v) is 4.22. The van der Waals surface area contributed by atoms with Crippen LogP contribution >= 0.6 is 11.3 Å². The number of benzene rings is 1. The summed E-state index contributed by atoms with van der Waals surface area (Å²) in [4.78, 5) is 34.8. The van der Waals surface area contributed by atoms with Crippen molar-refractivity contribution in [2.24, 2.45) is 0 Å². The first-order valence-electron chi connectivity index (χ1n) is 7.08. The molecule has 0 aliphatic rings. The van der Waals surface area contributed by atoms with Crippen molar-refractivity contribution in [3.8, 4) is 0 Å². The maximum absolute atomic E-state index is 12.3. The minimum atomic E-state index is -4.57. The quantitative estimate of drug-likeness (QED) is 0.605. The highest BCUT2D eigenvalue weighted by Gasteiger charge is 2.28. The van der Waals surface area contributed by atoms with Gasteiger partial charge in [-0.3, -0.25) is 19.7 Å². The second-order valence-electron chi connectivity index (χ2n) is 5.11. The molecule has 0 atom stereocenters. The number of rotatable bonds is 5. The molecule has 26 heavy (non-hydrogen) atoms. The summed E-state index contributed by atoms with van der Waals surface area (Å²) in [6.45, 7) is -0.0253. The van der Waals surface area contributed by atoms with Crippen molar-refractivity contribution >= 4 is 34.5 Å². The van der Waals surface area contributed by atoms with Gasteiger partial charge in [-0.2, -0.15) is 13.2 Å². The molecule has 1 heterocycles. The summed E-state index contributed by atoms with van der Waals surface area (Å²) in [5, 5.41) is 15.0. The maximum Gasteiger partial charge on any atom is 0.405 e. The van der Waals surface area contributed by atoms with Crippen molar-refractivity contribution in [3.63, 3.8) is 0 Å². The molecule has 0 saturated heterocycles. The number of alkyl halides is 3. The number of para-hydroxylation sites is 1. The lowest BCUT2D eigenvalue weighted by Crippen LogP contribution is -2.34. The van der Waals surface area contributed by atoms with Crippen LogP contribution in [0.5, 0.6) is 0 Å². The van der Waals surface area contributed by atoms with Gasteiger partial charge in [0.25, 0.3) is 17.5 Å². The zero-order valence-electron chi connectivity index (χ0n) is 13.2. The first-order chi connectivity index (χ1) is 12.1. The molecule has 2 amide bonds. The van der Waals surface area contributed by atoms with Crippen LogP contribution in [-0.4, -0.2) is 29.5 Å². The maximum atomic E-state index is 12.3. The van der Waals surface area contributed by atoms with Crippen molar-refractivity contribution < 1.29 is 27.7 Å². The summed E-state index contributed by atoms with van der Waals surface area (Å²) in [7, 11) is 0. The van der Waals surface area contributed by atoms with E-state index in [2.05, 4.69) is 5.32 Å². The minimum absolute atomic E-state index is 0.00844. The average Bonchev–Trinajstić information content (AvgIpc) is 2.94. The number of halogens is 3. The molecule has 7 nitrogen and oxygen atoms in total. The van der Waals surface area contributed by atoms with E-state index in [1.807, 2.05) is 0 Å². The Hall–Kier alpha value is -2.95. The highest BCUT2D eigenvalue weighted by atomic mass is 32.1. The highest BCUT2D eigenvalue weighted by Crippen LogP contribution is 2.29. The Kier molecular flexibility index (Phi) is 5.60. The minimum Gasteiger partial charge on any atom is -0.343 e. The summed E-state index contributed by atoms with van der Waals surface area (Å²) in [5.74, 6) is -1.71. The first-order valence-corrected chi connectivity index (χ1v) is 7.90. The van der Waals surface area contributed by atoms with Crippen LogP contribution in [0, 0.1) is 17.0 Å². The van der Waals surface area contributed by atoms with E-state index in [1.165, 1.54) is 31.2 Å². The van der Waals surface area contributed by atoms with E-state index < -0.39 is 29.5 Å². The van der Waals surface area contributed by atoms with Gasteiger partial charge in [0.15, 0.2) is 0 Å². The molecule has 2 rings (SSSR count). The van der Waals surface area contributed by atoms with Gasteiger partial charge >= 0.3 is 6.18 Å². The van der Waals surface area contributed by atoms with Gasteiger partial charge in [-0.15, -0.1) is 11.3 Å². The topological polar surface area (TPSA) is 101 Å². The van der Waals surface area contributed by atoms with Gasteiger partial charge in [-0.1, -0.05) is 12.1 Å². The largest absolute Gasteiger partial charge is 0.405 e. The van der Waals surface area contributed by atoms with E-state index in [0.29, 0.717) is 4.88 Å². The van der Waals surface area contributed by atoms with Crippen LogP contribution in [-0.2, 0) is 0 Å². The Morgan fingerprint density at radius 2 is 1.88 bits per heavy atom. The Labute approximate surface area is 149 Å². The molecule has 2 aromatic rings. The first kappa shape index (κ1) is 19.4. The monoisotopic (exact) mass is 387 g/mol. The molecular weight excluding hydrogens is 375 g/mol. The average molecular weight is 387 g/mol. The summed E-state index contributed by atoms with van der Waals surface area (Å²) < 4.78 is 36.7. The number of thiophene rings is 1. The van der Waals surface area contributed by atoms with Gasteiger partial charge in [-0.05, 0) is 19.1 Å². The number of nitro groups is 1. The molecule has 0 radical (unpaired) electrons. The molecule has 0 aliphatic carbocycles. The summed E-state index contributed by atoms with van der Waals surface area (Å²) in [6, 6.07) is 6.61. The predicted octanol–water partition coefficient (Wildman–Crippen LogP) is 3.51. The third kappa shape index (κ3) is 4.79. The normalized spacial score (nSPS) is 11.1. The smallest absolute Gasteiger partial charge is 0.343 e. The lowest BCUT2D eigenvalue weighted by molar-refractivity contribution is -0.385. The molecule has 0 fully saturated rings. The number of anilines is 1. The van der Waals surface area contributed by atoms with Gasteiger partial charge in [0, 0.05) is 6.07 Å². The van der Waals surface area contributed by atoms with Crippen LogP contribution in [0.2, 0.25) is 0 Å². The lowest BCUT2D eigenvalue weighted by Gasteiger charge is -2.12. The number of carbonyl (C=O) groups excluding carboxylic acids is 2. The number of aryl methyl sites for hydroxylation is 1. The van der Waals surface area contributed by atoms with E-state index in [0.717, 1.165) is 17.4 Å². The van der Waals surface area contributed by atoms with E-state index in [-0.39, 0.29) is 21.8 Å². The molecule has 0 spiro atoms. The lowest BCUT2D eigenvalue weighted by atomic mass is 10.1. The Morgan fingerprint density at radius 1 is 1.23 bits per heavy atom. The van der Waals surface area contributed by atoms with Crippen molar-refractivity contribution in [1.82, 2.24) is 5.32 Å². The number of carbonyl (C=O) groups is 2. The van der Waals surface area contributed by atoms with Crippen LogP contribution in [0.25, 0.3) is 0 Å². The Bertz CT molecular complexity index is 864. The van der Waals surface area contributed by atoms with Gasteiger partial charge < -0.3 is 10.6 Å². The number of nitrogens with one attached hydrogen (secondary N) is 2. The fourth-order valence-electron chi connectivity index (χ4n) is 2.02. The molecule has 11 heteroatoms. The van der Waals surface area contributed by atoms with Crippen molar-refractivity contribution in [1.29, 1.82) is 0 Å². The molecule has 2 N–H and O–H groups in total. The zero-order valence-corrected chi connectivity index (χ0v) is 14.0. The van der Waals surface area contributed by atoms with E-state index in [4.69, 9.17) is 0 Å². The highest BCUT2D eigenvalue weighted by molar-refractivity contribution is 7.14. The van der Waals surface area contributed by atoms with Gasteiger partial charge in [0.2, 0.25) is 0 Å². The van der Waals surface area contributed by atoms with Crippen LogP contribution < -0.4 is 10.6 Å². The van der Waals surface area contributed by atoms with Crippen molar-refractivity contribution in [2.75, 3.05) is 11.9 Å². The SMILES string of the molecule is Cc1sc(C(=O)Nc2ccccc2C(=O)NCC(F)(F)F)cc1[N+](=O)[O-]. The predicted molar refractivity (Wildman–Crippen MR) is 88.5 cm³/mol. The molecule has 0 saturated carbocycles. The standard InChI is InChI=1S/C15H12F3N3O4S/c1-8-11(21(24)25)6-12(26-8)14(23)20-10-5-3-2-4-9(10)13(22)19-7-15(16,17)18/h2-6H,7H2,1H3,(H,19,22)(H,20,23). The van der Waals surface area contributed by atoms with Crippen LogP contribution in [0.15, 0.2) is 30.3 Å². The van der Waals surface area contributed by atoms with Crippen molar-refractivity contribution in [2.45, 2.75) is 13.1 Å². The fraction of sp³-hybridized carbons (Fsp3) is 0.200. The molecule has 0 aliphatic heterocycles. The van der Waals surface area contributed by atoms with Gasteiger partial charge in [-0.25, -0.2) is 0 Å².